The van der Waals surface area contributed by atoms with Crippen molar-refractivity contribution in [3.8, 4) is 11.9 Å². The number of hydrogen-bond acceptors (Lipinski definition) is 4. The van der Waals surface area contributed by atoms with E-state index in [9.17, 15) is 5.26 Å². The van der Waals surface area contributed by atoms with Crippen molar-refractivity contribution in [3.05, 3.63) is 47.5 Å². The lowest BCUT2D eigenvalue weighted by Crippen LogP contribution is -2.08. The maximum Gasteiger partial charge on any atom is 0.158 e. The van der Waals surface area contributed by atoms with Gasteiger partial charge in [-0.15, -0.1) is 0 Å². The van der Waals surface area contributed by atoms with Gasteiger partial charge in [0.15, 0.2) is 5.82 Å². The Bertz CT molecular complexity index is 998. The number of hydrogen-bond donors (Lipinski definition) is 0. The van der Waals surface area contributed by atoms with E-state index >= 15 is 0 Å². The maximum atomic E-state index is 9.72. The lowest BCUT2D eigenvalue weighted by Gasteiger charge is -2.10. The normalized spacial score (nSPS) is 23.8. The largest absolute Gasteiger partial charge is 0.224 e. The smallest absolute Gasteiger partial charge is 0.158 e. The van der Waals surface area contributed by atoms with E-state index in [4.69, 9.17) is 11.6 Å². The molecular formula is C17H12ClN5. The second-order valence-corrected chi connectivity index (χ2v) is 6.89. The topological polar surface area (TPSA) is 67.4 Å². The van der Waals surface area contributed by atoms with Crippen LogP contribution in [0.5, 0.6) is 0 Å². The van der Waals surface area contributed by atoms with Crippen molar-refractivity contribution >= 4 is 22.5 Å². The molecule has 5 rings (SSSR count). The molecule has 0 aliphatic heterocycles. The van der Waals surface area contributed by atoms with E-state index in [-0.39, 0.29) is 10.8 Å². The number of halogens is 1. The Morgan fingerprint density at radius 3 is 2.78 bits per heavy atom. The molecule has 0 saturated heterocycles. The summed E-state index contributed by atoms with van der Waals surface area (Å²) in [5, 5.41) is 15.5. The summed E-state index contributed by atoms with van der Waals surface area (Å²) < 4.78 is 1.75. The minimum Gasteiger partial charge on any atom is -0.224 e. The Balaban J connectivity index is 1.69. The summed E-state index contributed by atoms with van der Waals surface area (Å²) in [4.78, 5) is 8.15. The van der Waals surface area contributed by atoms with Crippen LogP contribution in [0.4, 0.5) is 0 Å². The lowest BCUT2D eigenvalue weighted by molar-refractivity contribution is 0.737. The van der Waals surface area contributed by atoms with E-state index in [0.29, 0.717) is 11.0 Å². The molecule has 0 N–H and O–H groups in total. The summed E-state index contributed by atoms with van der Waals surface area (Å²) in [6.45, 7) is 0. The summed E-state index contributed by atoms with van der Waals surface area (Å²) in [7, 11) is 0. The van der Waals surface area contributed by atoms with Crippen molar-refractivity contribution in [1.29, 1.82) is 5.26 Å². The van der Waals surface area contributed by atoms with Crippen LogP contribution in [0, 0.1) is 16.7 Å². The van der Waals surface area contributed by atoms with E-state index in [1.165, 1.54) is 19.2 Å². The average Bonchev–Trinajstić information content (AvgIpc) is 3.44. The Hall–Kier alpha value is -2.45. The Kier molecular flexibility index (Phi) is 2.32. The number of aromatic nitrogens is 4. The van der Waals surface area contributed by atoms with Gasteiger partial charge in [-0.1, -0.05) is 23.7 Å². The fraction of sp³-hybridized carbons (Fsp3) is 0.294. The molecule has 1 aromatic carbocycles. The second-order valence-electron chi connectivity index (χ2n) is 6.50. The molecule has 2 aliphatic rings. The molecule has 1 spiro atoms. The Labute approximate surface area is 137 Å². The van der Waals surface area contributed by atoms with Crippen molar-refractivity contribution in [2.45, 2.75) is 24.7 Å². The highest BCUT2D eigenvalue weighted by Gasteiger charge is 2.75. The molecule has 2 heterocycles. The average molecular weight is 322 g/mol. The molecule has 112 valence electrons. The molecule has 0 radical (unpaired) electrons. The first-order valence-electron chi connectivity index (χ1n) is 7.55. The van der Waals surface area contributed by atoms with Crippen LogP contribution in [0.2, 0.25) is 5.15 Å². The van der Waals surface area contributed by atoms with Crippen LogP contribution in [0.3, 0.4) is 0 Å². The summed E-state index contributed by atoms with van der Waals surface area (Å²) in [5.41, 5.74) is 1.97. The van der Waals surface area contributed by atoms with Crippen LogP contribution in [0.25, 0.3) is 16.7 Å². The van der Waals surface area contributed by atoms with E-state index < -0.39 is 0 Å². The molecular weight excluding hydrogens is 310 g/mol. The van der Waals surface area contributed by atoms with E-state index in [0.717, 1.165) is 22.9 Å². The highest BCUT2D eigenvalue weighted by atomic mass is 35.5. The molecule has 0 bridgehead atoms. The van der Waals surface area contributed by atoms with Crippen molar-refractivity contribution in [2.24, 2.45) is 5.41 Å². The van der Waals surface area contributed by atoms with Crippen molar-refractivity contribution in [2.75, 3.05) is 0 Å². The van der Waals surface area contributed by atoms with Crippen molar-refractivity contribution in [1.82, 2.24) is 19.7 Å². The van der Waals surface area contributed by atoms with Gasteiger partial charge in [0.05, 0.1) is 23.2 Å². The maximum absolute atomic E-state index is 9.72. The van der Waals surface area contributed by atoms with Gasteiger partial charge in [0.2, 0.25) is 0 Å². The molecule has 1 atom stereocenters. The van der Waals surface area contributed by atoms with E-state index in [1.54, 1.807) is 16.9 Å². The van der Waals surface area contributed by atoms with Gasteiger partial charge in [-0.25, -0.2) is 14.6 Å². The minimum atomic E-state index is -0.306. The summed E-state index contributed by atoms with van der Waals surface area (Å²) >= 11 is 5.96. The van der Waals surface area contributed by atoms with E-state index in [2.05, 4.69) is 33.3 Å². The fourth-order valence-electron chi connectivity index (χ4n) is 3.76. The molecule has 0 amide bonds. The first-order valence-corrected chi connectivity index (χ1v) is 7.93. The number of benzene rings is 1. The predicted octanol–water partition coefficient (Wildman–Crippen LogP) is 3.41. The molecule has 2 aliphatic carbocycles. The van der Waals surface area contributed by atoms with Crippen LogP contribution in [-0.2, 0) is 5.41 Å². The molecule has 3 aromatic rings. The monoisotopic (exact) mass is 321 g/mol. The summed E-state index contributed by atoms with van der Waals surface area (Å²) in [6.07, 6.45) is 6.54. The van der Waals surface area contributed by atoms with Gasteiger partial charge in [0.1, 0.15) is 11.5 Å². The summed E-state index contributed by atoms with van der Waals surface area (Å²) in [5.74, 6) is 0.625. The van der Waals surface area contributed by atoms with Crippen LogP contribution in [0.1, 0.15) is 24.8 Å². The van der Waals surface area contributed by atoms with Gasteiger partial charge in [-0.05, 0) is 36.3 Å². The number of fused-ring (bicyclic) bond motifs is 1. The molecule has 2 aromatic heterocycles. The molecule has 5 nitrogen and oxygen atoms in total. The highest BCUT2D eigenvalue weighted by molar-refractivity contribution is 6.29. The Morgan fingerprint density at radius 1 is 1.22 bits per heavy atom. The predicted molar refractivity (Wildman–Crippen MR) is 85.2 cm³/mol. The van der Waals surface area contributed by atoms with Gasteiger partial charge in [-0.3, -0.25) is 0 Å². The van der Waals surface area contributed by atoms with Crippen molar-refractivity contribution < 1.29 is 0 Å². The van der Waals surface area contributed by atoms with Gasteiger partial charge in [0, 0.05) is 11.5 Å². The summed E-state index contributed by atoms with van der Waals surface area (Å²) in [6, 6.07) is 10.4. The third kappa shape index (κ3) is 1.64. The molecule has 23 heavy (non-hydrogen) atoms. The SMILES string of the molecule is N#CC1(c2ccc3cnn(-c4cc(Cl)ncn4)c3c2)CC12CC2. The van der Waals surface area contributed by atoms with Gasteiger partial charge in [0.25, 0.3) is 0 Å². The van der Waals surface area contributed by atoms with Gasteiger partial charge >= 0.3 is 0 Å². The lowest BCUT2D eigenvalue weighted by atomic mass is 9.93. The molecule has 2 fully saturated rings. The van der Waals surface area contributed by atoms with Crippen LogP contribution < -0.4 is 0 Å². The zero-order valence-electron chi connectivity index (χ0n) is 12.2. The zero-order chi connectivity index (χ0) is 15.7. The van der Waals surface area contributed by atoms with Gasteiger partial charge in [-0.2, -0.15) is 10.4 Å². The number of nitrogens with zero attached hydrogens (tertiary/aromatic N) is 5. The third-order valence-corrected chi connectivity index (χ3v) is 5.53. The number of rotatable bonds is 2. The third-order valence-electron chi connectivity index (χ3n) is 5.33. The molecule has 6 heteroatoms. The van der Waals surface area contributed by atoms with Crippen molar-refractivity contribution in [3.63, 3.8) is 0 Å². The first-order chi connectivity index (χ1) is 11.2. The number of nitriles is 1. The zero-order valence-corrected chi connectivity index (χ0v) is 13.0. The van der Waals surface area contributed by atoms with E-state index in [1.807, 2.05) is 6.07 Å². The molecule has 1 unspecified atom stereocenters. The quantitative estimate of drug-likeness (QED) is 0.678. The van der Waals surface area contributed by atoms with Gasteiger partial charge < -0.3 is 0 Å². The molecule has 2 saturated carbocycles. The van der Waals surface area contributed by atoms with Crippen LogP contribution >= 0.6 is 11.6 Å². The Morgan fingerprint density at radius 2 is 2.09 bits per heavy atom. The fourth-order valence-corrected chi connectivity index (χ4v) is 3.90. The van der Waals surface area contributed by atoms with Crippen LogP contribution in [0.15, 0.2) is 36.8 Å². The minimum absolute atomic E-state index is 0.249. The van der Waals surface area contributed by atoms with Crippen LogP contribution in [-0.4, -0.2) is 19.7 Å². The highest BCUT2D eigenvalue weighted by Crippen LogP contribution is 2.78. The first kappa shape index (κ1) is 13.0. The second kappa shape index (κ2) is 4.09. The standard InChI is InChI=1S/C17H12ClN5/c18-14-6-15(21-10-20-14)23-13-5-12(2-1-11(13)7-22-23)17(9-19)8-16(17)3-4-16/h1-2,5-7,10H,3-4,8H2.